The van der Waals surface area contributed by atoms with Gasteiger partial charge in [0.15, 0.2) is 0 Å². The third-order valence-corrected chi connectivity index (χ3v) is 2.70. The molecule has 0 atom stereocenters. The van der Waals surface area contributed by atoms with Crippen molar-refractivity contribution in [1.29, 1.82) is 0 Å². The number of aryl methyl sites for hydroxylation is 1. The van der Waals surface area contributed by atoms with E-state index >= 15 is 0 Å². The molecule has 0 spiro atoms. The van der Waals surface area contributed by atoms with E-state index in [0.717, 1.165) is 11.2 Å². The monoisotopic (exact) mass is 317 g/mol. The van der Waals surface area contributed by atoms with E-state index in [1.165, 1.54) is 11.8 Å². The topological polar surface area (TPSA) is 73.0 Å². The summed E-state index contributed by atoms with van der Waals surface area (Å²) in [5.74, 6) is -0.321. The molecule has 7 heteroatoms. The number of nitrogens with zero attached hydrogens (tertiary/aromatic N) is 2. The molecule has 2 aromatic rings. The van der Waals surface area contributed by atoms with Crippen LogP contribution in [0, 0.1) is 0 Å². The van der Waals surface area contributed by atoms with Gasteiger partial charge in [-0.15, -0.1) is 0 Å². The number of hydrogen-bond acceptors (Lipinski definition) is 4. The first kappa shape index (κ1) is 14.0. The quantitative estimate of drug-likeness (QED) is 0.509. The summed E-state index contributed by atoms with van der Waals surface area (Å²) in [7, 11) is 0. The fraction of sp³-hybridized carbons (Fsp3) is 0.300. The first-order chi connectivity index (χ1) is 7.70. The molecule has 2 N–H and O–H groups in total. The predicted molar refractivity (Wildman–Crippen MR) is 59.8 cm³/mol. The second-order valence-electron chi connectivity index (χ2n) is 3.29. The van der Waals surface area contributed by atoms with Crippen LogP contribution in [0.15, 0.2) is 28.0 Å². The summed E-state index contributed by atoms with van der Waals surface area (Å²) in [5, 5.41) is 0.619. The lowest BCUT2D eigenvalue weighted by atomic mass is 10.3. The highest BCUT2D eigenvalue weighted by molar-refractivity contribution is 7.98. The van der Waals surface area contributed by atoms with Gasteiger partial charge in [0.2, 0.25) is 11.5 Å². The number of aromatic nitrogens is 2. The molecule has 0 aliphatic rings. The average molecular weight is 318 g/mol. The lowest BCUT2D eigenvalue weighted by Crippen LogP contribution is -3.00. The first-order valence-corrected chi connectivity index (χ1v) is 6.04. The number of amides is 1. The van der Waals surface area contributed by atoms with Crippen LogP contribution in [0.3, 0.4) is 0 Å². The molecule has 0 unspecified atom stereocenters. The number of primary amides is 1. The number of halogens is 1. The zero-order chi connectivity index (χ0) is 11.5. The number of fused-ring (bicyclic) bond motifs is 1. The zero-order valence-corrected chi connectivity index (χ0v) is 11.6. The van der Waals surface area contributed by atoms with Crippen LogP contribution in [0.1, 0.15) is 6.42 Å². The van der Waals surface area contributed by atoms with E-state index in [4.69, 9.17) is 10.2 Å². The minimum Gasteiger partial charge on any atom is -1.00 e. The first-order valence-electron chi connectivity index (χ1n) is 4.82. The van der Waals surface area contributed by atoms with Crippen LogP contribution in [-0.4, -0.2) is 17.1 Å². The van der Waals surface area contributed by atoms with Gasteiger partial charge in [-0.1, -0.05) is 0 Å². The Morgan fingerprint density at radius 1 is 1.65 bits per heavy atom. The van der Waals surface area contributed by atoms with Crippen molar-refractivity contribution in [3.8, 4) is 0 Å². The third kappa shape index (κ3) is 3.19. The summed E-state index contributed by atoms with van der Waals surface area (Å²) >= 11 is 1.44. The van der Waals surface area contributed by atoms with Crippen molar-refractivity contribution in [2.75, 3.05) is 6.26 Å². The summed E-state index contributed by atoms with van der Waals surface area (Å²) < 4.78 is 7.34. The summed E-state index contributed by atoms with van der Waals surface area (Å²) in [6, 6.07) is 3.71. The molecule has 5 nitrogen and oxygen atoms in total. The zero-order valence-electron chi connectivity index (χ0n) is 9.22. The van der Waals surface area contributed by atoms with Gasteiger partial charge in [0.05, 0.1) is 19.2 Å². The van der Waals surface area contributed by atoms with E-state index in [0.29, 0.717) is 18.2 Å². The van der Waals surface area contributed by atoms with E-state index < -0.39 is 0 Å². The van der Waals surface area contributed by atoms with Gasteiger partial charge in [-0.3, -0.25) is 4.79 Å². The van der Waals surface area contributed by atoms with Crippen LogP contribution in [0.2, 0.25) is 0 Å². The number of carbonyl (C=O) groups is 1. The summed E-state index contributed by atoms with van der Waals surface area (Å²) in [5.41, 5.74) is 6.58. The number of hydrogen-bond donors (Lipinski definition) is 1. The van der Waals surface area contributed by atoms with Crippen molar-refractivity contribution in [3.63, 3.8) is 0 Å². The van der Waals surface area contributed by atoms with E-state index in [1.807, 2.05) is 29.2 Å². The number of thioether (sulfide) groups is 1. The van der Waals surface area contributed by atoms with Crippen molar-refractivity contribution in [2.24, 2.45) is 5.73 Å². The van der Waals surface area contributed by atoms with Crippen molar-refractivity contribution in [1.82, 2.24) is 4.98 Å². The van der Waals surface area contributed by atoms with E-state index in [-0.39, 0.29) is 22.9 Å². The minimum absolute atomic E-state index is 0. The van der Waals surface area contributed by atoms with Crippen LogP contribution in [0.5, 0.6) is 0 Å². The molecular weight excluding hydrogens is 306 g/mol. The lowest BCUT2D eigenvalue weighted by Gasteiger charge is -1.96. The standard InChI is InChI=1S/C10H11N3O2S.BrH/c1-16-10-12-9-7(15-10)3-2-5-13(9)6-4-8(11)14;/h2-3,5H,4,6H2,1H3,(H-,11,14);1H. The largest absolute Gasteiger partial charge is 1.00 e. The molecule has 0 bridgehead atoms. The Hall–Kier alpha value is -1.08. The highest BCUT2D eigenvalue weighted by Crippen LogP contribution is 2.18. The van der Waals surface area contributed by atoms with Gasteiger partial charge in [0, 0.05) is 4.98 Å². The fourth-order valence-corrected chi connectivity index (χ4v) is 1.77. The molecule has 1 amide bonds. The number of oxazole rings is 1. The molecule has 0 saturated heterocycles. The number of nitrogens with two attached hydrogens (primary N) is 1. The van der Waals surface area contributed by atoms with E-state index in [1.54, 1.807) is 0 Å². The van der Waals surface area contributed by atoms with Crippen molar-refractivity contribution in [3.05, 3.63) is 18.3 Å². The van der Waals surface area contributed by atoms with E-state index in [9.17, 15) is 4.79 Å². The molecule has 0 aliphatic carbocycles. The van der Waals surface area contributed by atoms with Crippen LogP contribution >= 0.6 is 11.8 Å². The second-order valence-corrected chi connectivity index (χ2v) is 4.05. The Kier molecular flexibility index (Phi) is 4.95. The van der Waals surface area contributed by atoms with Gasteiger partial charge in [0.1, 0.15) is 0 Å². The molecule has 17 heavy (non-hydrogen) atoms. The molecule has 2 aromatic heterocycles. The van der Waals surface area contributed by atoms with Crippen LogP contribution in [0.4, 0.5) is 0 Å². The third-order valence-electron chi connectivity index (χ3n) is 2.17. The Labute approximate surface area is 113 Å². The molecular formula is C10H12BrN3O2S. The smallest absolute Gasteiger partial charge is 0.371 e. The Bertz CT molecular complexity index is 529. The van der Waals surface area contributed by atoms with E-state index in [2.05, 4.69) is 4.98 Å². The molecule has 0 saturated carbocycles. The molecule has 0 aliphatic heterocycles. The molecule has 0 fully saturated rings. The van der Waals surface area contributed by atoms with Crippen LogP contribution < -0.4 is 27.3 Å². The fourth-order valence-electron chi connectivity index (χ4n) is 1.42. The molecule has 0 radical (unpaired) electrons. The van der Waals surface area contributed by atoms with Gasteiger partial charge in [-0.2, -0.15) is 0 Å². The van der Waals surface area contributed by atoms with Crippen molar-refractivity contribution >= 4 is 28.9 Å². The Morgan fingerprint density at radius 3 is 3.06 bits per heavy atom. The molecule has 92 valence electrons. The summed E-state index contributed by atoms with van der Waals surface area (Å²) in [4.78, 5) is 15.0. The highest BCUT2D eigenvalue weighted by Gasteiger charge is 2.17. The normalized spacial score (nSPS) is 10.2. The molecule has 0 aromatic carbocycles. The highest BCUT2D eigenvalue weighted by atomic mass is 79.9. The molecule has 2 heterocycles. The van der Waals surface area contributed by atoms with Crippen LogP contribution in [-0.2, 0) is 11.3 Å². The maximum absolute atomic E-state index is 10.7. The average Bonchev–Trinajstić information content (AvgIpc) is 2.69. The maximum Gasteiger partial charge on any atom is 0.371 e. The Morgan fingerprint density at radius 2 is 2.41 bits per heavy atom. The van der Waals surface area contributed by atoms with Gasteiger partial charge in [-0.05, 0) is 30.2 Å². The van der Waals surface area contributed by atoms with Gasteiger partial charge >= 0.3 is 10.9 Å². The van der Waals surface area contributed by atoms with Crippen LogP contribution in [0.25, 0.3) is 11.2 Å². The molecule has 2 rings (SSSR count). The Balaban J connectivity index is 0.00000144. The lowest BCUT2D eigenvalue weighted by molar-refractivity contribution is -0.672. The number of carbonyl (C=O) groups excluding carboxylic acids is 1. The van der Waals surface area contributed by atoms with Gasteiger partial charge in [-0.25, -0.2) is 4.57 Å². The van der Waals surface area contributed by atoms with Crippen molar-refractivity contribution < 1.29 is 30.8 Å². The van der Waals surface area contributed by atoms with Gasteiger partial charge in [0.25, 0.3) is 0 Å². The summed E-state index contributed by atoms with van der Waals surface area (Å²) in [6.07, 6.45) is 4.06. The van der Waals surface area contributed by atoms with Gasteiger partial charge < -0.3 is 27.1 Å². The number of pyridine rings is 1. The minimum atomic E-state index is -0.321. The van der Waals surface area contributed by atoms with Crippen molar-refractivity contribution in [2.45, 2.75) is 18.2 Å². The predicted octanol–water partition coefficient (Wildman–Crippen LogP) is -2.28. The SMILES string of the molecule is CSc1nc2c(ccc[n+]2CCC(N)=O)o1.[Br-]. The maximum atomic E-state index is 10.7. The summed E-state index contributed by atoms with van der Waals surface area (Å²) in [6.45, 7) is 0.521. The second kappa shape index (κ2) is 6.02. The number of rotatable bonds is 4.